The Balaban J connectivity index is 3.31. The van der Waals surface area contributed by atoms with Crippen molar-refractivity contribution in [1.29, 1.82) is 4.78 Å². The van der Waals surface area contributed by atoms with Gasteiger partial charge in [-0.3, -0.25) is 4.98 Å². The van der Waals surface area contributed by atoms with Crippen LogP contribution >= 0.6 is 0 Å². The van der Waals surface area contributed by atoms with Crippen LogP contribution in [0.2, 0.25) is 18.1 Å². The number of hydrogen-bond donors (Lipinski definition) is 2. The van der Waals surface area contributed by atoms with Gasteiger partial charge in [0.25, 0.3) is 0 Å². The summed E-state index contributed by atoms with van der Waals surface area (Å²) in [4.78, 5) is 15.7. The van der Waals surface area contributed by atoms with Crippen LogP contribution in [0.4, 0.5) is 0 Å². The Bertz CT molecular complexity index is 636. The molecule has 0 spiro atoms. The number of carbonyl (C=O) groups excluding carboxylic acids is 1. The third-order valence-electron chi connectivity index (χ3n) is 3.77. The molecule has 0 aliphatic carbocycles. The second-order valence-electron chi connectivity index (χ2n) is 6.40. The molecule has 0 radical (unpaired) electrons. The summed E-state index contributed by atoms with van der Waals surface area (Å²) in [6.07, 6.45) is 2.71. The first kappa shape index (κ1) is 17.8. The largest absolute Gasteiger partial charge is 0.465 e. The van der Waals surface area contributed by atoms with Crippen molar-refractivity contribution >= 4 is 24.1 Å². The highest BCUT2D eigenvalue weighted by atomic mass is 32.2. The van der Waals surface area contributed by atoms with Crippen LogP contribution in [0.15, 0.2) is 23.4 Å². The van der Waals surface area contributed by atoms with Gasteiger partial charge >= 0.3 is 5.97 Å². The number of methoxy groups -OCH3 is 1. The molecule has 0 bridgehead atoms. The van der Waals surface area contributed by atoms with Gasteiger partial charge in [0, 0.05) is 12.4 Å². The summed E-state index contributed by atoms with van der Waals surface area (Å²) >= 11 is 0. The number of esters is 1. The SMILES string of the molecule is COC(=O)c1ccncc1S(=N)(=O)N[Si](C)(C)C(C)(C)C. The number of aromatic nitrogens is 1. The standard InChI is InChI=1S/C13H23N3O3SSi/c1-13(2,3)21(5,6)16-20(14,18)11-9-15-8-7-10(11)12(17)19-4/h7-9H,1-6H3,(H2,14,16,18). The summed E-state index contributed by atoms with van der Waals surface area (Å²) in [5, 5.41) is -0.0929. The van der Waals surface area contributed by atoms with Crippen LogP contribution in [0.3, 0.4) is 0 Å². The molecule has 0 aromatic carbocycles. The smallest absolute Gasteiger partial charge is 0.339 e. The lowest BCUT2D eigenvalue weighted by atomic mass is 10.2. The lowest BCUT2D eigenvalue weighted by Crippen LogP contribution is -2.54. The topological polar surface area (TPSA) is 92.1 Å². The Hall–Kier alpha value is -1.25. The minimum absolute atomic E-state index is 0.0710. The van der Waals surface area contributed by atoms with Crippen molar-refractivity contribution in [3.63, 3.8) is 0 Å². The molecule has 0 aliphatic heterocycles. The fourth-order valence-electron chi connectivity index (χ4n) is 1.46. The minimum atomic E-state index is -3.34. The Morgan fingerprint density at radius 3 is 2.48 bits per heavy atom. The van der Waals surface area contributed by atoms with E-state index in [9.17, 15) is 9.00 Å². The molecule has 2 N–H and O–H groups in total. The molecule has 0 saturated carbocycles. The third kappa shape index (κ3) is 3.89. The molecular formula is C13H23N3O3SSi. The van der Waals surface area contributed by atoms with E-state index in [1.807, 2.05) is 33.9 Å². The average molecular weight is 329 g/mol. The van der Waals surface area contributed by atoms with E-state index in [1.165, 1.54) is 25.6 Å². The van der Waals surface area contributed by atoms with Crippen molar-refractivity contribution in [1.82, 2.24) is 9.37 Å². The van der Waals surface area contributed by atoms with Gasteiger partial charge in [0.15, 0.2) is 0 Å². The average Bonchev–Trinajstić information content (AvgIpc) is 2.35. The number of hydrogen-bond acceptors (Lipinski definition) is 5. The molecule has 1 heterocycles. The van der Waals surface area contributed by atoms with E-state index < -0.39 is 24.1 Å². The molecule has 118 valence electrons. The molecule has 0 saturated heterocycles. The van der Waals surface area contributed by atoms with Crippen LogP contribution < -0.4 is 4.39 Å². The second-order valence-corrected chi connectivity index (χ2v) is 13.5. The van der Waals surface area contributed by atoms with Crippen LogP contribution in [-0.2, 0) is 14.7 Å². The molecule has 1 atom stereocenters. The van der Waals surface area contributed by atoms with Gasteiger partial charge in [-0.15, -0.1) is 0 Å². The fourth-order valence-corrected chi connectivity index (χ4v) is 6.66. The van der Waals surface area contributed by atoms with E-state index in [-0.39, 0.29) is 15.5 Å². The van der Waals surface area contributed by atoms with Gasteiger partial charge in [-0.05, 0) is 11.1 Å². The molecule has 0 aliphatic rings. The Kier molecular flexibility index (Phi) is 4.96. The minimum Gasteiger partial charge on any atom is -0.465 e. The van der Waals surface area contributed by atoms with Crippen LogP contribution in [0.25, 0.3) is 0 Å². The highest BCUT2D eigenvalue weighted by molar-refractivity contribution is 7.92. The zero-order chi connectivity index (χ0) is 16.5. The summed E-state index contributed by atoms with van der Waals surface area (Å²) in [6, 6.07) is 1.42. The predicted molar refractivity (Wildman–Crippen MR) is 85.0 cm³/mol. The molecule has 8 heteroatoms. The molecule has 21 heavy (non-hydrogen) atoms. The number of ether oxygens (including phenoxy) is 1. The lowest BCUT2D eigenvalue weighted by molar-refractivity contribution is 0.0596. The van der Waals surface area contributed by atoms with Gasteiger partial charge < -0.3 is 4.74 Å². The van der Waals surface area contributed by atoms with Crippen molar-refractivity contribution in [2.75, 3.05) is 7.11 Å². The number of rotatable bonds is 4. The van der Waals surface area contributed by atoms with Gasteiger partial charge in [0.05, 0.1) is 17.6 Å². The predicted octanol–water partition coefficient (Wildman–Crippen LogP) is 2.78. The van der Waals surface area contributed by atoms with Gasteiger partial charge in [0.1, 0.15) is 18.2 Å². The molecule has 1 rings (SSSR count). The van der Waals surface area contributed by atoms with Crippen LogP contribution in [0.5, 0.6) is 0 Å². The molecule has 6 nitrogen and oxygen atoms in total. The first-order chi connectivity index (χ1) is 9.42. The zero-order valence-corrected chi connectivity index (χ0v) is 15.1. The summed E-state index contributed by atoms with van der Waals surface area (Å²) in [5.74, 6) is -0.621. The van der Waals surface area contributed by atoms with E-state index in [2.05, 4.69) is 14.1 Å². The second kappa shape index (κ2) is 5.86. The first-order valence-corrected chi connectivity index (χ1v) is 11.1. The van der Waals surface area contributed by atoms with Crippen molar-refractivity contribution in [2.45, 2.75) is 43.8 Å². The van der Waals surface area contributed by atoms with Crippen LogP contribution in [0, 0.1) is 4.78 Å². The van der Waals surface area contributed by atoms with E-state index in [0.717, 1.165) is 0 Å². The molecule has 1 aromatic heterocycles. The fraction of sp³-hybridized carbons (Fsp3) is 0.538. The summed E-state index contributed by atoms with van der Waals surface area (Å²) in [6.45, 7) is 10.2. The summed E-state index contributed by atoms with van der Waals surface area (Å²) in [7, 11) is -4.27. The first-order valence-electron chi connectivity index (χ1n) is 6.52. The van der Waals surface area contributed by atoms with E-state index in [0.29, 0.717) is 0 Å². The molecule has 0 fully saturated rings. The maximum atomic E-state index is 12.8. The normalized spacial score (nSPS) is 15.3. The Morgan fingerprint density at radius 1 is 1.43 bits per heavy atom. The Labute approximate surface area is 127 Å². The monoisotopic (exact) mass is 329 g/mol. The quantitative estimate of drug-likeness (QED) is 0.656. The molecule has 1 unspecified atom stereocenters. The summed E-state index contributed by atoms with van der Waals surface area (Å²) in [5.41, 5.74) is 0.110. The maximum Gasteiger partial charge on any atom is 0.339 e. The molecular weight excluding hydrogens is 306 g/mol. The molecule has 0 amide bonds. The van der Waals surface area contributed by atoms with Crippen LogP contribution in [-0.4, -0.2) is 30.5 Å². The van der Waals surface area contributed by atoms with E-state index in [1.54, 1.807) is 0 Å². The number of nitrogens with one attached hydrogen (secondary N) is 2. The highest BCUT2D eigenvalue weighted by Gasteiger charge is 2.39. The number of nitrogens with zero attached hydrogens (tertiary/aromatic N) is 1. The van der Waals surface area contributed by atoms with E-state index in [4.69, 9.17) is 4.78 Å². The van der Waals surface area contributed by atoms with E-state index >= 15 is 0 Å². The summed E-state index contributed by atoms with van der Waals surface area (Å²) < 4.78 is 28.7. The number of pyridine rings is 1. The van der Waals surface area contributed by atoms with Gasteiger partial charge in [-0.25, -0.2) is 18.2 Å². The van der Waals surface area contributed by atoms with Crippen molar-refractivity contribution in [2.24, 2.45) is 0 Å². The lowest BCUT2D eigenvalue weighted by Gasteiger charge is -2.37. The van der Waals surface area contributed by atoms with Crippen molar-refractivity contribution in [3.8, 4) is 0 Å². The third-order valence-corrected chi connectivity index (χ3v) is 11.7. The molecule has 1 aromatic rings. The van der Waals surface area contributed by atoms with Gasteiger partial charge in [-0.2, -0.15) is 0 Å². The van der Waals surface area contributed by atoms with Crippen molar-refractivity contribution < 1.29 is 13.7 Å². The number of carbonyl (C=O) groups is 1. The maximum absolute atomic E-state index is 12.8. The zero-order valence-electron chi connectivity index (χ0n) is 13.3. The van der Waals surface area contributed by atoms with Crippen molar-refractivity contribution in [3.05, 3.63) is 24.0 Å². The van der Waals surface area contributed by atoms with Gasteiger partial charge in [-0.1, -0.05) is 33.9 Å². The van der Waals surface area contributed by atoms with Crippen LogP contribution in [0.1, 0.15) is 31.1 Å². The van der Waals surface area contributed by atoms with Gasteiger partial charge in [0.2, 0.25) is 0 Å². The Morgan fingerprint density at radius 2 is 2.00 bits per heavy atom. The highest BCUT2D eigenvalue weighted by Crippen LogP contribution is 2.35.